The Hall–Kier alpha value is -2.25. The van der Waals surface area contributed by atoms with Crippen LogP contribution in [0, 0.1) is 0 Å². The van der Waals surface area contributed by atoms with Crippen molar-refractivity contribution in [3.63, 3.8) is 0 Å². The average Bonchev–Trinajstić information content (AvgIpc) is 3.44. The number of thioether (sulfide) groups is 1. The van der Waals surface area contributed by atoms with Crippen molar-refractivity contribution in [1.82, 2.24) is 28.8 Å². The van der Waals surface area contributed by atoms with Gasteiger partial charge in [-0.15, -0.1) is 11.8 Å². The van der Waals surface area contributed by atoms with Gasteiger partial charge in [-0.25, -0.2) is 8.42 Å². The maximum Gasteiger partial charge on any atom is 0.417 e. The lowest BCUT2D eigenvalue weighted by molar-refractivity contribution is -0.139. The second-order valence-electron chi connectivity index (χ2n) is 13.1. The van der Waals surface area contributed by atoms with Crippen LogP contribution in [-0.4, -0.2) is 151 Å². The van der Waals surface area contributed by atoms with E-state index in [-0.39, 0.29) is 36.2 Å². The molecule has 5 heterocycles. The molecule has 1 aromatic heterocycles. The van der Waals surface area contributed by atoms with E-state index in [4.69, 9.17) is 14.6 Å². The number of halogens is 3. The highest BCUT2D eigenvalue weighted by Gasteiger charge is 2.36. The fourth-order valence-corrected chi connectivity index (χ4v) is 8.96. The molecular weight excluding hydrogens is 686 g/mol. The summed E-state index contributed by atoms with van der Waals surface area (Å²) in [6.45, 7) is 7.59. The third-order valence-electron chi connectivity index (χ3n) is 9.82. The molecule has 0 bridgehead atoms. The molecule has 0 saturated carbocycles. The van der Waals surface area contributed by atoms with Crippen molar-refractivity contribution < 1.29 is 41.0 Å². The molecule has 1 N–H and O–H groups in total. The van der Waals surface area contributed by atoms with Gasteiger partial charge in [0.1, 0.15) is 0 Å². The first-order valence-electron chi connectivity index (χ1n) is 16.8. The molecular formula is C32H45F3N6O6S2. The first-order chi connectivity index (χ1) is 23.4. The predicted molar refractivity (Wildman–Crippen MR) is 178 cm³/mol. The Morgan fingerprint density at radius 2 is 1.69 bits per heavy atom. The summed E-state index contributed by atoms with van der Waals surface area (Å²) in [5, 5.41) is 16.0. The van der Waals surface area contributed by atoms with E-state index < -0.39 is 27.9 Å². The number of ether oxygens (including phenoxy) is 2. The van der Waals surface area contributed by atoms with E-state index >= 15 is 0 Å². The van der Waals surface area contributed by atoms with Gasteiger partial charge in [-0.3, -0.25) is 14.4 Å². The van der Waals surface area contributed by atoms with Crippen LogP contribution in [0.4, 0.5) is 13.2 Å². The van der Waals surface area contributed by atoms with Gasteiger partial charge in [0.15, 0.2) is 0 Å². The minimum Gasteiger partial charge on any atom is -0.390 e. The third-order valence-corrected chi connectivity index (χ3v) is 12.1. The monoisotopic (exact) mass is 730 g/mol. The number of benzene rings is 1. The number of fused-ring (bicyclic) bond motifs is 1. The summed E-state index contributed by atoms with van der Waals surface area (Å²) in [5.74, 6) is -0.437. The summed E-state index contributed by atoms with van der Waals surface area (Å²) in [4.78, 5) is 19.0. The lowest BCUT2D eigenvalue weighted by Gasteiger charge is -2.40. The number of alkyl halides is 3. The number of morpholine rings is 2. The Morgan fingerprint density at radius 1 is 1.02 bits per heavy atom. The first kappa shape index (κ1) is 36.5. The van der Waals surface area contributed by atoms with E-state index in [0.29, 0.717) is 62.1 Å². The van der Waals surface area contributed by atoms with Crippen LogP contribution in [0.5, 0.6) is 0 Å². The van der Waals surface area contributed by atoms with E-state index in [1.165, 1.54) is 16.4 Å². The Kier molecular flexibility index (Phi) is 11.6. The molecule has 0 aliphatic carbocycles. The number of hydrogen-bond donors (Lipinski definition) is 1. The largest absolute Gasteiger partial charge is 0.417 e. The van der Waals surface area contributed by atoms with Gasteiger partial charge in [-0.05, 0) is 38.1 Å². The van der Waals surface area contributed by atoms with Crippen molar-refractivity contribution in [3.8, 4) is 11.3 Å². The van der Waals surface area contributed by atoms with Gasteiger partial charge in [0.25, 0.3) is 0 Å². The number of carbonyl (C=O) groups is 1. The van der Waals surface area contributed by atoms with Crippen molar-refractivity contribution in [3.05, 3.63) is 35.0 Å². The highest BCUT2D eigenvalue weighted by Crippen LogP contribution is 2.40. The maximum atomic E-state index is 14.1. The fourth-order valence-electron chi connectivity index (χ4n) is 7.16. The number of nitrogens with zero attached hydrogens (tertiary/aromatic N) is 6. The van der Waals surface area contributed by atoms with Crippen LogP contribution < -0.4 is 0 Å². The number of rotatable bonds is 10. The lowest BCUT2D eigenvalue weighted by Crippen LogP contribution is -2.50. The number of aromatic nitrogens is 2. The highest BCUT2D eigenvalue weighted by atomic mass is 32.2. The smallest absolute Gasteiger partial charge is 0.390 e. The standard InChI is InChI=1S/C32H45F3N6O6S2/c1-49(44,45)40-9-6-28-26(21-40)31(36-41(28)20-25(42)19-37-7-4-24(5-8-37)38-10-14-46-15-11-38)23-2-3-27(32(33,34)35)29(18-23)48-22-30(43)39-12-16-47-17-13-39/h2-3,18,24-25,42H,4-17,19-22H2,1H3. The van der Waals surface area contributed by atoms with Crippen LogP contribution in [0.1, 0.15) is 29.7 Å². The van der Waals surface area contributed by atoms with E-state index in [2.05, 4.69) is 9.80 Å². The van der Waals surface area contributed by atoms with Gasteiger partial charge in [0.05, 0.1) is 62.3 Å². The number of aliphatic hydroxyl groups is 1. The van der Waals surface area contributed by atoms with Gasteiger partial charge in [0.2, 0.25) is 15.9 Å². The molecule has 4 aliphatic heterocycles. The Morgan fingerprint density at radius 3 is 2.35 bits per heavy atom. The molecule has 1 amide bonds. The van der Waals surface area contributed by atoms with Gasteiger partial charge in [-0.2, -0.15) is 22.6 Å². The summed E-state index contributed by atoms with van der Waals surface area (Å²) in [5.41, 5.74) is 1.28. The van der Waals surface area contributed by atoms with Crippen molar-refractivity contribution >= 4 is 27.7 Å². The van der Waals surface area contributed by atoms with Crippen molar-refractivity contribution in [2.45, 2.75) is 55.6 Å². The summed E-state index contributed by atoms with van der Waals surface area (Å²) in [6.07, 6.45) is -1.89. The Balaban J connectivity index is 1.21. The van der Waals surface area contributed by atoms with E-state index in [9.17, 15) is 31.5 Å². The number of amides is 1. The molecule has 0 spiro atoms. The number of sulfonamides is 1. The predicted octanol–water partition coefficient (Wildman–Crippen LogP) is 2.00. The summed E-state index contributed by atoms with van der Waals surface area (Å²) in [7, 11) is -3.55. The number of hydrogen-bond acceptors (Lipinski definition) is 10. The Bertz CT molecular complexity index is 1570. The SMILES string of the molecule is CS(=O)(=O)N1CCc2c(c(-c3ccc(C(F)(F)F)c(SCC(=O)N4CCOCC4)c3)nn2CC(O)CN2CCC(N3CCOCC3)CC2)C1. The normalized spacial score (nSPS) is 21.5. The Labute approximate surface area is 289 Å². The number of β-amino-alcohol motifs (C(OH)–C–C–N with tert-alkyl or cyclic N) is 1. The number of likely N-dealkylation sites (tertiary alicyclic amines) is 1. The molecule has 3 saturated heterocycles. The van der Waals surface area contributed by atoms with Crippen LogP contribution in [0.15, 0.2) is 23.1 Å². The topological polar surface area (TPSA) is 121 Å². The van der Waals surface area contributed by atoms with Crippen LogP contribution in [0.3, 0.4) is 0 Å². The molecule has 2 aromatic rings. The summed E-state index contributed by atoms with van der Waals surface area (Å²) < 4.78 is 81.2. The number of carbonyl (C=O) groups excluding carboxylic acids is 1. The van der Waals surface area contributed by atoms with Gasteiger partial charge >= 0.3 is 6.18 Å². The zero-order valence-electron chi connectivity index (χ0n) is 27.7. The van der Waals surface area contributed by atoms with Crippen molar-refractivity contribution in [1.29, 1.82) is 0 Å². The van der Waals surface area contributed by atoms with Gasteiger partial charge in [-0.1, -0.05) is 6.07 Å². The molecule has 17 heteroatoms. The van der Waals surface area contributed by atoms with Gasteiger partial charge in [0, 0.05) is 80.0 Å². The molecule has 1 atom stereocenters. The molecule has 4 aliphatic rings. The van der Waals surface area contributed by atoms with Crippen LogP contribution in [0.25, 0.3) is 11.3 Å². The second-order valence-corrected chi connectivity index (χ2v) is 16.1. The molecule has 49 heavy (non-hydrogen) atoms. The van der Waals surface area contributed by atoms with Gasteiger partial charge < -0.3 is 24.4 Å². The van der Waals surface area contributed by atoms with E-state index in [1.807, 2.05) is 0 Å². The third kappa shape index (κ3) is 8.98. The number of aliphatic hydroxyl groups excluding tert-OH is 1. The fraction of sp³-hybridized carbons (Fsp3) is 0.688. The van der Waals surface area contributed by atoms with Crippen molar-refractivity contribution in [2.75, 3.05) is 90.8 Å². The molecule has 0 radical (unpaired) electrons. The highest BCUT2D eigenvalue weighted by molar-refractivity contribution is 8.00. The maximum absolute atomic E-state index is 14.1. The average molecular weight is 731 g/mol. The lowest BCUT2D eigenvalue weighted by atomic mass is 10.0. The second kappa shape index (κ2) is 15.6. The molecule has 6 rings (SSSR count). The van der Waals surface area contributed by atoms with E-state index in [0.717, 1.165) is 82.0 Å². The summed E-state index contributed by atoms with van der Waals surface area (Å²) >= 11 is 0.825. The zero-order chi connectivity index (χ0) is 34.8. The van der Waals surface area contributed by atoms with Crippen molar-refractivity contribution in [2.24, 2.45) is 0 Å². The first-order valence-corrected chi connectivity index (χ1v) is 19.7. The number of piperidine rings is 1. The quantitative estimate of drug-likeness (QED) is 0.364. The summed E-state index contributed by atoms with van der Waals surface area (Å²) in [6, 6.07) is 4.24. The molecule has 272 valence electrons. The zero-order valence-corrected chi connectivity index (χ0v) is 29.4. The molecule has 1 aromatic carbocycles. The minimum atomic E-state index is -4.64. The van der Waals surface area contributed by atoms with Crippen LogP contribution in [0.2, 0.25) is 0 Å². The molecule has 1 unspecified atom stereocenters. The van der Waals surface area contributed by atoms with Crippen LogP contribution >= 0.6 is 11.8 Å². The molecule has 12 nitrogen and oxygen atoms in total. The van der Waals surface area contributed by atoms with Crippen LogP contribution in [-0.2, 0) is 50.0 Å². The minimum absolute atomic E-state index is 0.0215. The van der Waals surface area contributed by atoms with E-state index in [1.54, 1.807) is 9.58 Å². The molecule has 3 fully saturated rings.